The predicted octanol–water partition coefficient (Wildman–Crippen LogP) is 2.16. The molecule has 2 N–H and O–H groups in total. The van der Waals surface area contributed by atoms with Crippen LogP contribution >= 0.6 is 11.3 Å². The van der Waals surface area contributed by atoms with Gasteiger partial charge in [-0.05, 0) is 6.92 Å². The number of nitrogens with zero attached hydrogens (tertiary/aromatic N) is 4. The molecule has 0 saturated carbocycles. The van der Waals surface area contributed by atoms with Gasteiger partial charge in [0.05, 0.1) is 11.3 Å². The highest BCUT2D eigenvalue weighted by Crippen LogP contribution is 2.30. The van der Waals surface area contributed by atoms with Gasteiger partial charge in [0.1, 0.15) is 0 Å². The number of hydrogen-bond donors (Lipinski definition) is 2. The highest BCUT2D eigenvalue weighted by atomic mass is 32.1. The zero-order chi connectivity index (χ0) is 17.4. The molecule has 0 aliphatic heterocycles. The predicted molar refractivity (Wildman–Crippen MR) is 87.0 cm³/mol. The van der Waals surface area contributed by atoms with Crippen molar-refractivity contribution >= 4 is 17.3 Å². The summed E-state index contributed by atoms with van der Waals surface area (Å²) in [6, 6.07) is 0. The van der Waals surface area contributed by atoms with Crippen LogP contribution in [0, 0.1) is 0 Å². The van der Waals surface area contributed by atoms with Crippen LogP contribution in [0.3, 0.4) is 0 Å². The van der Waals surface area contributed by atoms with Crippen molar-refractivity contribution in [1.29, 1.82) is 0 Å². The van der Waals surface area contributed by atoms with Crippen molar-refractivity contribution in [1.82, 2.24) is 25.2 Å². The second-order valence-corrected chi connectivity index (χ2v) is 5.80. The second kappa shape index (κ2) is 8.67. The van der Waals surface area contributed by atoms with E-state index in [1.165, 1.54) is 0 Å². The summed E-state index contributed by atoms with van der Waals surface area (Å²) >= 11 is 1.01. The van der Waals surface area contributed by atoms with Gasteiger partial charge in [0.15, 0.2) is 11.7 Å². The largest absolute Gasteiger partial charge is 0.434 e. The Hall–Kier alpha value is -2.10. The molecule has 0 aliphatic carbocycles. The summed E-state index contributed by atoms with van der Waals surface area (Å²) in [5.41, 5.74) is -0.836. The third-order valence-corrected chi connectivity index (χ3v) is 3.91. The Morgan fingerprint density at radius 2 is 2.21 bits per heavy atom. The Morgan fingerprint density at radius 1 is 1.38 bits per heavy atom. The highest BCUT2D eigenvalue weighted by Gasteiger charge is 2.33. The average Bonchev–Trinajstić information content (AvgIpc) is 3.18. The molecular formula is C14H19F3N6S. The number of nitrogens with one attached hydrogen (secondary N) is 2. The molecule has 0 saturated heterocycles. The van der Waals surface area contributed by atoms with E-state index < -0.39 is 11.9 Å². The van der Waals surface area contributed by atoms with Crippen LogP contribution in [0.2, 0.25) is 0 Å². The Balaban J connectivity index is 1.80. The van der Waals surface area contributed by atoms with Crippen molar-refractivity contribution in [3.8, 4) is 0 Å². The van der Waals surface area contributed by atoms with E-state index >= 15 is 0 Å². The Bertz CT molecular complexity index is 635. The fraction of sp³-hybridized carbons (Fsp3) is 0.500. The summed E-state index contributed by atoms with van der Waals surface area (Å²) in [5.74, 6) is 0.630. The van der Waals surface area contributed by atoms with Crippen LogP contribution in [-0.4, -0.2) is 40.1 Å². The van der Waals surface area contributed by atoms with Crippen LogP contribution in [0.4, 0.5) is 13.2 Å². The van der Waals surface area contributed by atoms with E-state index in [9.17, 15) is 13.2 Å². The molecule has 2 aromatic heterocycles. The molecule has 0 aromatic carbocycles. The number of thiazole rings is 1. The topological polar surface area (TPSA) is 67.1 Å². The minimum Gasteiger partial charge on any atom is -0.357 e. The first-order valence-electron chi connectivity index (χ1n) is 7.48. The van der Waals surface area contributed by atoms with Gasteiger partial charge < -0.3 is 15.2 Å². The Morgan fingerprint density at radius 3 is 2.83 bits per heavy atom. The summed E-state index contributed by atoms with van der Waals surface area (Å²) in [4.78, 5) is 11.9. The molecule has 24 heavy (non-hydrogen) atoms. The molecule has 0 spiro atoms. The van der Waals surface area contributed by atoms with E-state index in [-0.39, 0.29) is 0 Å². The molecule has 0 fully saturated rings. The van der Waals surface area contributed by atoms with Gasteiger partial charge in [0.2, 0.25) is 0 Å². The van der Waals surface area contributed by atoms with Gasteiger partial charge in [-0.3, -0.25) is 4.99 Å². The lowest BCUT2D eigenvalue weighted by molar-refractivity contribution is -0.140. The summed E-state index contributed by atoms with van der Waals surface area (Å²) in [5, 5.41) is 7.73. The number of halogens is 3. The molecule has 132 valence electrons. The average molecular weight is 360 g/mol. The quantitative estimate of drug-likeness (QED) is 0.587. The molecule has 0 atom stereocenters. The molecule has 6 nitrogen and oxygen atoms in total. The van der Waals surface area contributed by atoms with E-state index in [0.29, 0.717) is 37.0 Å². The van der Waals surface area contributed by atoms with Crippen LogP contribution in [0.5, 0.6) is 0 Å². The van der Waals surface area contributed by atoms with Gasteiger partial charge in [0, 0.05) is 50.4 Å². The number of alkyl halides is 3. The van der Waals surface area contributed by atoms with Crippen molar-refractivity contribution < 1.29 is 13.2 Å². The monoisotopic (exact) mass is 360 g/mol. The van der Waals surface area contributed by atoms with Crippen LogP contribution in [0.25, 0.3) is 0 Å². The maximum Gasteiger partial charge on any atom is 0.434 e. The lowest BCUT2D eigenvalue weighted by atomic mass is 10.4. The Kier molecular flexibility index (Phi) is 6.59. The highest BCUT2D eigenvalue weighted by molar-refractivity contribution is 7.09. The van der Waals surface area contributed by atoms with Crippen molar-refractivity contribution in [3.63, 3.8) is 0 Å². The lowest BCUT2D eigenvalue weighted by Gasteiger charge is -2.11. The maximum atomic E-state index is 12.5. The number of imidazole rings is 1. The zero-order valence-electron chi connectivity index (χ0n) is 13.2. The standard InChI is InChI=1S/C14H19F3N6S/c1-2-19-13(21-6-8-23-7-5-18-10-23)20-4-3-12-22-11(9-24-12)14(15,16)17/h5,7,9-10H,2-4,6,8H2,1H3,(H2,19,20,21). The molecule has 0 bridgehead atoms. The number of hydrogen-bond acceptors (Lipinski definition) is 4. The number of aliphatic imine (C=N–C) groups is 1. The van der Waals surface area contributed by atoms with E-state index in [4.69, 9.17) is 0 Å². The number of guanidine groups is 1. The van der Waals surface area contributed by atoms with Gasteiger partial charge >= 0.3 is 6.18 Å². The molecular weight excluding hydrogens is 341 g/mol. The first kappa shape index (κ1) is 18.2. The fourth-order valence-corrected chi connectivity index (χ4v) is 2.68. The van der Waals surface area contributed by atoms with E-state index in [1.54, 1.807) is 12.5 Å². The Labute approximate surface area is 141 Å². The van der Waals surface area contributed by atoms with Gasteiger partial charge in [-0.25, -0.2) is 9.97 Å². The van der Waals surface area contributed by atoms with Crippen molar-refractivity contribution in [3.05, 3.63) is 34.8 Å². The van der Waals surface area contributed by atoms with Crippen LogP contribution < -0.4 is 10.6 Å². The van der Waals surface area contributed by atoms with Crippen LogP contribution in [-0.2, 0) is 19.1 Å². The molecule has 0 unspecified atom stereocenters. The molecule has 10 heteroatoms. The third-order valence-electron chi connectivity index (χ3n) is 3.00. The number of aromatic nitrogens is 3. The van der Waals surface area contributed by atoms with E-state index in [1.807, 2.05) is 17.7 Å². The minimum atomic E-state index is -4.39. The summed E-state index contributed by atoms with van der Waals surface area (Å²) < 4.78 is 39.4. The first-order valence-corrected chi connectivity index (χ1v) is 8.36. The maximum absolute atomic E-state index is 12.5. The van der Waals surface area contributed by atoms with Gasteiger partial charge in [-0.15, -0.1) is 11.3 Å². The third kappa shape index (κ3) is 5.84. The molecule has 2 aromatic rings. The smallest absolute Gasteiger partial charge is 0.357 e. The van der Waals surface area contributed by atoms with Gasteiger partial charge in [-0.1, -0.05) is 0 Å². The zero-order valence-corrected chi connectivity index (χ0v) is 14.0. The number of rotatable bonds is 7. The summed E-state index contributed by atoms with van der Waals surface area (Å²) in [7, 11) is 0. The summed E-state index contributed by atoms with van der Waals surface area (Å²) in [6.45, 7) is 4.42. The van der Waals surface area contributed by atoms with Gasteiger partial charge in [0.25, 0.3) is 0 Å². The van der Waals surface area contributed by atoms with Crippen molar-refractivity contribution in [2.75, 3.05) is 19.6 Å². The van der Waals surface area contributed by atoms with Crippen LogP contribution in [0.1, 0.15) is 17.6 Å². The molecule has 0 radical (unpaired) electrons. The minimum absolute atomic E-state index is 0.366. The lowest BCUT2D eigenvalue weighted by Crippen LogP contribution is -2.39. The van der Waals surface area contributed by atoms with E-state index in [2.05, 4.69) is 25.6 Å². The van der Waals surface area contributed by atoms with Gasteiger partial charge in [-0.2, -0.15) is 13.2 Å². The second-order valence-electron chi connectivity index (χ2n) is 4.86. The van der Waals surface area contributed by atoms with Crippen molar-refractivity contribution in [2.45, 2.75) is 26.1 Å². The molecule has 2 rings (SSSR count). The summed E-state index contributed by atoms with van der Waals surface area (Å²) in [6.07, 6.45) is 1.29. The first-order chi connectivity index (χ1) is 11.5. The SMILES string of the molecule is CCNC(=NCCc1nc(C(F)(F)F)cs1)NCCn1ccnc1. The molecule has 2 heterocycles. The molecule has 0 aliphatic rings. The van der Waals surface area contributed by atoms with E-state index in [0.717, 1.165) is 23.3 Å². The van der Waals surface area contributed by atoms with Crippen molar-refractivity contribution in [2.24, 2.45) is 4.99 Å². The van der Waals surface area contributed by atoms with Crippen LogP contribution in [0.15, 0.2) is 29.1 Å². The molecule has 0 amide bonds. The normalized spacial score (nSPS) is 12.4. The fourth-order valence-electron chi connectivity index (χ4n) is 1.88.